The maximum Gasteiger partial charge on any atom is 0.272 e. The number of hydrogen-bond acceptors (Lipinski definition) is 4. The van der Waals surface area contributed by atoms with E-state index in [1.165, 1.54) is 5.56 Å². The molecule has 5 heteroatoms. The molecule has 2 heterocycles. The summed E-state index contributed by atoms with van der Waals surface area (Å²) in [6, 6.07) is 20.3. The van der Waals surface area contributed by atoms with E-state index in [9.17, 15) is 4.79 Å². The molecule has 29 heavy (non-hydrogen) atoms. The number of nitrogens with zero attached hydrogens (tertiary/aromatic N) is 3. The fourth-order valence-corrected chi connectivity index (χ4v) is 3.84. The highest BCUT2D eigenvalue weighted by Gasteiger charge is 2.24. The van der Waals surface area contributed by atoms with Crippen LogP contribution in [0.4, 0.5) is 11.6 Å². The van der Waals surface area contributed by atoms with E-state index in [-0.39, 0.29) is 5.91 Å². The lowest BCUT2D eigenvalue weighted by Crippen LogP contribution is -2.39. The van der Waals surface area contributed by atoms with Crippen molar-refractivity contribution in [2.75, 3.05) is 18.4 Å². The van der Waals surface area contributed by atoms with Crippen LogP contribution in [0.2, 0.25) is 0 Å². The van der Waals surface area contributed by atoms with Gasteiger partial charge >= 0.3 is 0 Å². The predicted octanol–water partition coefficient (Wildman–Crippen LogP) is 4.62. The number of carbonyl (C=O) groups is 1. The number of amides is 1. The van der Waals surface area contributed by atoms with Gasteiger partial charge < -0.3 is 10.2 Å². The lowest BCUT2D eigenvalue weighted by atomic mass is 9.90. The first-order chi connectivity index (χ1) is 14.2. The molecule has 4 rings (SSSR count). The van der Waals surface area contributed by atoms with Crippen molar-refractivity contribution >= 4 is 17.5 Å². The SMILES string of the molecule is Cc1cccc(Nc2nccc(C(=O)N3CCC(Cc4ccccc4)CC3)n2)c1. The smallest absolute Gasteiger partial charge is 0.272 e. The number of aryl methyl sites for hydroxylation is 1. The van der Waals surface area contributed by atoms with Crippen LogP contribution in [0.5, 0.6) is 0 Å². The third-order valence-electron chi connectivity index (χ3n) is 5.42. The highest BCUT2D eigenvalue weighted by atomic mass is 16.2. The Hall–Kier alpha value is -3.21. The molecule has 0 radical (unpaired) electrons. The summed E-state index contributed by atoms with van der Waals surface area (Å²) in [6.45, 7) is 3.59. The van der Waals surface area contributed by atoms with Crippen LogP contribution in [0, 0.1) is 12.8 Å². The molecule has 0 bridgehead atoms. The van der Waals surface area contributed by atoms with E-state index < -0.39 is 0 Å². The van der Waals surface area contributed by atoms with Gasteiger partial charge in [0, 0.05) is 25.0 Å². The average Bonchev–Trinajstić information content (AvgIpc) is 2.75. The number of piperidine rings is 1. The van der Waals surface area contributed by atoms with Gasteiger partial charge in [0.2, 0.25) is 5.95 Å². The highest BCUT2D eigenvalue weighted by molar-refractivity contribution is 5.92. The Balaban J connectivity index is 1.36. The molecule has 1 aliphatic rings. The zero-order valence-corrected chi connectivity index (χ0v) is 16.7. The number of anilines is 2. The summed E-state index contributed by atoms with van der Waals surface area (Å²) in [6.07, 6.45) is 4.78. The zero-order valence-electron chi connectivity index (χ0n) is 16.7. The average molecular weight is 386 g/mol. The molecule has 1 aromatic heterocycles. The Morgan fingerprint density at radius 2 is 1.86 bits per heavy atom. The zero-order chi connectivity index (χ0) is 20.1. The first-order valence-corrected chi connectivity index (χ1v) is 10.2. The molecule has 1 aliphatic heterocycles. The lowest BCUT2D eigenvalue weighted by Gasteiger charge is -2.32. The minimum Gasteiger partial charge on any atom is -0.337 e. The molecule has 1 amide bonds. The Morgan fingerprint density at radius 3 is 2.62 bits per heavy atom. The van der Waals surface area contributed by atoms with Crippen LogP contribution in [0.25, 0.3) is 0 Å². The van der Waals surface area contributed by atoms with Crippen LogP contribution in [-0.2, 0) is 6.42 Å². The van der Waals surface area contributed by atoms with Crippen molar-refractivity contribution in [3.63, 3.8) is 0 Å². The molecular formula is C24H26N4O. The van der Waals surface area contributed by atoms with E-state index in [0.717, 1.165) is 43.6 Å². The fraction of sp³-hybridized carbons (Fsp3) is 0.292. The van der Waals surface area contributed by atoms with E-state index in [0.29, 0.717) is 17.6 Å². The molecular weight excluding hydrogens is 360 g/mol. The van der Waals surface area contributed by atoms with Gasteiger partial charge in [0.15, 0.2) is 0 Å². The van der Waals surface area contributed by atoms with Crippen molar-refractivity contribution in [1.29, 1.82) is 0 Å². The highest BCUT2D eigenvalue weighted by Crippen LogP contribution is 2.23. The minimum absolute atomic E-state index is 0.0159. The van der Waals surface area contributed by atoms with E-state index in [1.54, 1.807) is 12.3 Å². The molecule has 148 valence electrons. The Morgan fingerprint density at radius 1 is 1.07 bits per heavy atom. The third-order valence-corrected chi connectivity index (χ3v) is 5.42. The largest absolute Gasteiger partial charge is 0.337 e. The molecule has 0 aliphatic carbocycles. The van der Waals surface area contributed by atoms with Crippen molar-refractivity contribution in [3.05, 3.63) is 83.7 Å². The third kappa shape index (κ3) is 4.99. The second kappa shape index (κ2) is 8.86. The normalized spacial score (nSPS) is 14.6. The summed E-state index contributed by atoms with van der Waals surface area (Å²) in [4.78, 5) is 23.6. The Kier molecular flexibility index (Phi) is 5.84. The topological polar surface area (TPSA) is 58.1 Å². The lowest BCUT2D eigenvalue weighted by molar-refractivity contribution is 0.0684. The fourth-order valence-electron chi connectivity index (χ4n) is 3.84. The molecule has 3 aromatic rings. The number of nitrogens with one attached hydrogen (secondary N) is 1. The number of carbonyl (C=O) groups excluding carboxylic acids is 1. The van der Waals surface area contributed by atoms with Crippen LogP contribution < -0.4 is 5.32 Å². The van der Waals surface area contributed by atoms with Crippen molar-refractivity contribution in [2.24, 2.45) is 5.92 Å². The van der Waals surface area contributed by atoms with Crippen molar-refractivity contribution in [1.82, 2.24) is 14.9 Å². The van der Waals surface area contributed by atoms with Crippen LogP contribution in [0.3, 0.4) is 0 Å². The summed E-state index contributed by atoms with van der Waals surface area (Å²) >= 11 is 0. The van der Waals surface area contributed by atoms with Gasteiger partial charge in [0.05, 0.1) is 0 Å². The summed E-state index contributed by atoms with van der Waals surface area (Å²) in [5.41, 5.74) is 3.88. The first kappa shape index (κ1) is 19.1. The van der Waals surface area contributed by atoms with Gasteiger partial charge in [-0.3, -0.25) is 4.79 Å². The van der Waals surface area contributed by atoms with Gasteiger partial charge in [-0.25, -0.2) is 9.97 Å². The summed E-state index contributed by atoms with van der Waals surface area (Å²) in [7, 11) is 0. The van der Waals surface area contributed by atoms with Crippen LogP contribution >= 0.6 is 0 Å². The second-order valence-electron chi connectivity index (χ2n) is 7.69. The van der Waals surface area contributed by atoms with Gasteiger partial charge in [-0.05, 0) is 61.4 Å². The van der Waals surface area contributed by atoms with Crippen LogP contribution in [0.1, 0.15) is 34.5 Å². The summed E-state index contributed by atoms with van der Waals surface area (Å²) in [5, 5.41) is 3.18. The number of rotatable bonds is 5. The van der Waals surface area contributed by atoms with Crippen molar-refractivity contribution in [3.8, 4) is 0 Å². The molecule has 0 atom stereocenters. The summed E-state index contributed by atoms with van der Waals surface area (Å²) in [5.74, 6) is 1.06. The summed E-state index contributed by atoms with van der Waals surface area (Å²) < 4.78 is 0. The first-order valence-electron chi connectivity index (χ1n) is 10.2. The van der Waals surface area contributed by atoms with E-state index >= 15 is 0 Å². The number of likely N-dealkylation sites (tertiary alicyclic amines) is 1. The van der Waals surface area contributed by atoms with Gasteiger partial charge in [0.1, 0.15) is 5.69 Å². The molecule has 0 unspecified atom stereocenters. The molecule has 2 aromatic carbocycles. The number of benzene rings is 2. The van der Waals surface area contributed by atoms with Gasteiger partial charge in [0.25, 0.3) is 5.91 Å². The monoisotopic (exact) mass is 386 g/mol. The van der Waals surface area contributed by atoms with E-state index in [1.807, 2.05) is 36.1 Å². The number of aromatic nitrogens is 2. The molecule has 0 spiro atoms. The van der Waals surface area contributed by atoms with Crippen molar-refractivity contribution in [2.45, 2.75) is 26.2 Å². The molecule has 0 saturated carbocycles. The van der Waals surface area contributed by atoms with Gasteiger partial charge in [-0.2, -0.15) is 0 Å². The molecule has 1 fully saturated rings. The Labute approximate surface area is 171 Å². The molecule has 1 saturated heterocycles. The van der Waals surface area contributed by atoms with Crippen LogP contribution in [0.15, 0.2) is 66.9 Å². The number of hydrogen-bond donors (Lipinski definition) is 1. The quantitative estimate of drug-likeness (QED) is 0.695. The van der Waals surface area contributed by atoms with E-state index in [4.69, 9.17) is 0 Å². The molecule has 5 nitrogen and oxygen atoms in total. The maximum absolute atomic E-state index is 12.9. The molecule has 1 N–H and O–H groups in total. The van der Waals surface area contributed by atoms with Crippen molar-refractivity contribution < 1.29 is 4.79 Å². The van der Waals surface area contributed by atoms with Crippen LogP contribution in [-0.4, -0.2) is 33.9 Å². The second-order valence-corrected chi connectivity index (χ2v) is 7.69. The van der Waals surface area contributed by atoms with Gasteiger partial charge in [-0.1, -0.05) is 42.5 Å². The standard InChI is InChI=1S/C24H26N4O/c1-18-6-5-9-21(16-18)26-24-25-13-10-22(27-24)23(29)28-14-11-20(12-15-28)17-19-7-3-2-4-8-19/h2-10,13,16,20H,11-12,14-15,17H2,1H3,(H,25,26,27). The van der Waals surface area contributed by atoms with E-state index in [2.05, 4.69) is 45.6 Å². The minimum atomic E-state index is -0.0159. The Bertz CT molecular complexity index is 965. The predicted molar refractivity (Wildman–Crippen MR) is 115 cm³/mol. The van der Waals surface area contributed by atoms with Gasteiger partial charge in [-0.15, -0.1) is 0 Å². The maximum atomic E-state index is 12.9.